The van der Waals surface area contributed by atoms with Gasteiger partial charge in [0.05, 0.1) is 12.2 Å². The summed E-state index contributed by atoms with van der Waals surface area (Å²) in [6, 6.07) is 16.7. The van der Waals surface area contributed by atoms with Crippen molar-refractivity contribution in [1.29, 1.82) is 0 Å². The van der Waals surface area contributed by atoms with E-state index in [1.54, 1.807) is 29.8 Å². The minimum Gasteiger partial charge on any atom is -0.384 e. The van der Waals surface area contributed by atoms with E-state index in [1.165, 1.54) is 0 Å². The van der Waals surface area contributed by atoms with E-state index >= 15 is 0 Å². The lowest BCUT2D eigenvalue weighted by Crippen LogP contribution is -2.31. The molecule has 6 nitrogen and oxygen atoms in total. The number of rotatable bonds is 5. The summed E-state index contributed by atoms with van der Waals surface area (Å²) in [6.45, 7) is 1.95. The van der Waals surface area contributed by atoms with Gasteiger partial charge in [0.1, 0.15) is 5.60 Å². The second kappa shape index (κ2) is 6.36. The van der Waals surface area contributed by atoms with Crippen LogP contribution in [0.15, 0.2) is 54.6 Å². The molecule has 3 aromatic rings. The molecule has 0 saturated carbocycles. The van der Waals surface area contributed by atoms with Crippen LogP contribution in [0.2, 0.25) is 5.02 Å². The number of anilines is 1. The van der Waals surface area contributed by atoms with Crippen LogP contribution in [-0.4, -0.2) is 31.9 Å². The molecule has 7 heteroatoms. The molecule has 0 bridgehead atoms. The largest absolute Gasteiger partial charge is 0.384 e. The monoisotopic (exact) mass is 329 g/mol. The molecule has 0 saturated heterocycles. The van der Waals surface area contributed by atoms with Crippen LogP contribution in [0.4, 0.5) is 5.95 Å². The lowest BCUT2D eigenvalue weighted by Gasteiger charge is -2.24. The third-order valence-corrected chi connectivity index (χ3v) is 3.74. The van der Waals surface area contributed by atoms with E-state index in [1.807, 2.05) is 36.4 Å². The number of tetrazole rings is 1. The molecule has 0 aliphatic heterocycles. The molecule has 23 heavy (non-hydrogen) atoms. The molecule has 1 aromatic heterocycles. The SMILES string of the molecule is CC(O)(CNc1nnnn1-c1ccccc1)c1cccc(Cl)c1. The molecule has 0 fully saturated rings. The second-order valence-electron chi connectivity index (χ2n) is 5.39. The first-order valence-electron chi connectivity index (χ1n) is 7.12. The highest BCUT2D eigenvalue weighted by Gasteiger charge is 2.24. The third kappa shape index (κ3) is 3.49. The average molecular weight is 330 g/mol. The minimum absolute atomic E-state index is 0.237. The molecule has 1 atom stereocenters. The van der Waals surface area contributed by atoms with Gasteiger partial charge in [-0.1, -0.05) is 47.0 Å². The van der Waals surface area contributed by atoms with Gasteiger partial charge in [0, 0.05) is 5.02 Å². The molecule has 1 heterocycles. The van der Waals surface area contributed by atoms with E-state index in [9.17, 15) is 5.11 Å². The Hall–Kier alpha value is -2.44. The Labute approximate surface area is 138 Å². The summed E-state index contributed by atoms with van der Waals surface area (Å²) < 4.78 is 1.58. The fourth-order valence-electron chi connectivity index (χ4n) is 2.22. The maximum Gasteiger partial charge on any atom is 0.247 e. The van der Waals surface area contributed by atoms with Crippen LogP contribution in [0, 0.1) is 0 Å². The molecule has 0 amide bonds. The quantitative estimate of drug-likeness (QED) is 0.752. The summed E-state index contributed by atoms with van der Waals surface area (Å²) in [5, 5.41) is 25.9. The Bertz CT molecular complexity index is 788. The second-order valence-corrected chi connectivity index (χ2v) is 5.82. The van der Waals surface area contributed by atoms with Crippen LogP contribution >= 0.6 is 11.6 Å². The van der Waals surface area contributed by atoms with Gasteiger partial charge in [-0.15, -0.1) is 0 Å². The number of aliphatic hydroxyl groups is 1. The van der Waals surface area contributed by atoms with E-state index in [0.29, 0.717) is 11.0 Å². The van der Waals surface area contributed by atoms with Gasteiger partial charge >= 0.3 is 0 Å². The first-order chi connectivity index (χ1) is 11.1. The molecule has 2 aromatic carbocycles. The maximum atomic E-state index is 10.7. The maximum absolute atomic E-state index is 10.7. The molecule has 0 aliphatic rings. The van der Waals surface area contributed by atoms with Crippen molar-refractivity contribution in [3.63, 3.8) is 0 Å². The highest BCUT2D eigenvalue weighted by molar-refractivity contribution is 6.30. The van der Waals surface area contributed by atoms with Crippen molar-refractivity contribution in [2.45, 2.75) is 12.5 Å². The molecule has 0 radical (unpaired) electrons. The molecule has 3 rings (SSSR count). The lowest BCUT2D eigenvalue weighted by atomic mass is 9.96. The molecule has 0 aliphatic carbocycles. The van der Waals surface area contributed by atoms with Gasteiger partial charge in [-0.05, 0) is 47.2 Å². The highest BCUT2D eigenvalue weighted by atomic mass is 35.5. The summed E-state index contributed by atoms with van der Waals surface area (Å²) in [5.41, 5.74) is 0.442. The topological polar surface area (TPSA) is 75.9 Å². The van der Waals surface area contributed by atoms with E-state index in [2.05, 4.69) is 20.8 Å². The van der Waals surface area contributed by atoms with Crippen LogP contribution in [0.25, 0.3) is 5.69 Å². The standard InChI is InChI=1S/C16H16ClN5O/c1-16(23,12-6-5-7-13(17)10-12)11-18-15-19-20-21-22(15)14-8-3-2-4-9-14/h2-10,23H,11H2,1H3,(H,18,19,21). The summed E-state index contributed by atoms with van der Waals surface area (Å²) in [5.74, 6) is 0.457. The van der Waals surface area contributed by atoms with Crippen LogP contribution in [0.1, 0.15) is 12.5 Å². The Morgan fingerprint density at radius 3 is 2.70 bits per heavy atom. The zero-order valence-electron chi connectivity index (χ0n) is 12.5. The van der Waals surface area contributed by atoms with Gasteiger partial charge in [-0.25, -0.2) is 0 Å². The number of hydrogen-bond acceptors (Lipinski definition) is 5. The van der Waals surface area contributed by atoms with Crippen molar-refractivity contribution < 1.29 is 5.11 Å². The fraction of sp³-hybridized carbons (Fsp3) is 0.188. The van der Waals surface area contributed by atoms with Gasteiger partial charge in [-0.2, -0.15) is 4.68 Å². The van der Waals surface area contributed by atoms with Crippen molar-refractivity contribution in [2.24, 2.45) is 0 Å². The smallest absolute Gasteiger partial charge is 0.247 e. The minimum atomic E-state index is -1.11. The lowest BCUT2D eigenvalue weighted by molar-refractivity contribution is 0.0713. The van der Waals surface area contributed by atoms with E-state index in [4.69, 9.17) is 11.6 Å². The normalized spacial score (nSPS) is 13.5. The van der Waals surface area contributed by atoms with Crippen LogP contribution < -0.4 is 5.32 Å². The van der Waals surface area contributed by atoms with Gasteiger partial charge in [-0.3, -0.25) is 0 Å². The van der Waals surface area contributed by atoms with Crippen LogP contribution in [-0.2, 0) is 5.60 Å². The van der Waals surface area contributed by atoms with E-state index in [0.717, 1.165) is 11.3 Å². The number of para-hydroxylation sites is 1. The first kappa shape index (κ1) is 15.5. The van der Waals surface area contributed by atoms with Gasteiger partial charge < -0.3 is 10.4 Å². The predicted molar refractivity (Wildman–Crippen MR) is 88.7 cm³/mol. The zero-order chi connectivity index (χ0) is 16.3. The van der Waals surface area contributed by atoms with Gasteiger partial charge in [0.2, 0.25) is 5.95 Å². The highest BCUT2D eigenvalue weighted by Crippen LogP contribution is 2.24. The average Bonchev–Trinajstić information content (AvgIpc) is 3.02. The van der Waals surface area contributed by atoms with E-state index < -0.39 is 5.60 Å². The van der Waals surface area contributed by atoms with Crippen LogP contribution in [0.3, 0.4) is 0 Å². The number of nitrogens with one attached hydrogen (secondary N) is 1. The molecule has 118 valence electrons. The van der Waals surface area contributed by atoms with Crippen molar-refractivity contribution >= 4 is 17.5 Å². The molecular formula is C16H16ClN5O. The molecule has 1 unspecified atom stereocenters. The summed E-state index contributed by atoms with van der Waals surface area (Å²) in [7, 11) is 0. The number of aromatic nitrogens is 4. The van der Waals surface area contributed by atoms with Crippen molar-refractivity contribution in [3.8, 4) is 5.69 Å². The fourth-order valence-corrected chi connectivity index (χ4v) is 2.41. The van der Waals surface area contributed by atoms with Gasteiger partial charge in [0.25, 0.3) is 0 Å². The third-order valence-electron chi connectivity index (χ3n) is 3.51. The zero-order valence-corrected chi connectivity index (χ0v) is 13.3. The molecule has 2 N–H and O–H groups in total. The number of nitrogens with zero attached hydrogens (tertiary/aromatic N) is 4. The Morgan fingerprint density at radius 2 is 1.96 bits per heavy atom. The van der Waals surface area contributed by atoms with Crippen molar-refractivity contribution in [1.82, 2.24) is 20.2 Å². The summed E-state index contributed by atoms with van der Waals surface area (Å²) in [6.07, 6.45) is 0. The predicted octanol–water partition coefficient (Wildman–Crippen LogP) is 2.64. The molecular weight excluding hydrogens is 314 g/mol. The summed E-state index contributed by atoms with van der Waals surface area (Å²) in [4.78, 5) is 0. The Morgan fingerprint density at radius 1 is 1.17 bits per heavy atom. The Balaban J connectivity index is 1.78. The van der Waals surface area contributed by atoms with Crippen LogP contribution in [0.5, 0.6) is 0 Å². The van der Waals surface area contributed by atoms with Crippen molar-refractivity contribution in [2.75, 3.05) is 11.9 Å². The van der Waals surface area contributed by atoms with E-state index in [-0.39, 0.29) is 6.54 Å². The number of halogens is 1. The van der Waals surface area contributed by atoms with Crippen molar-refractivity contribution in [3.05, 3.63) is 65.2 Å². The number of hydrogen-bond donors (Lipinski definition) is 2. The Kier molecular flexibility index (Phi) is 4.27. The first-order valence-corrected chi connectivity index (χ1v) is 7.50. The molecule has 0 spiro atoms. The summed E-state index contributed by atoms with van der Waals surface area (Å²) >= 11 is 5.99. The van der Waals surface area contributed by atoms with Gasteiger partial charge in [0.15, 0.2) is 0 Å². The number of benzene rings is 2.